The van der Waals surface area contributed by atoms with Gasteiger partial charge in [0.25, 0.3) is 0 Å². The van der Waals surface area contributed by atoms with Gasteiger partial charge in [0, 0.05) is 10.6 Å². The van der Waals surface area contributed by atoms with E-state index < -0.39 is 0 Å². The highest BCUT2D eigenvalue weighted by Crippen LogP contribution is 2.22. The molecule has 2 heteroatoms. The van der Waals surface area contributed by atoms with Crippen molar-refractivity contribution in [1.29, 1.82) is 0 Å². The van der Waals surface area contributed by atoms with Gasteiger partial charge in [-0.1, -0.05) is 24.3 Å². The maximum atomic E-state index is 9.14. The molecule has 10 heavy (non-hydrogen) atoms. The Kier molecular flexibility index (Phi) is 1.97. The minimum atomic E-state index is 0.169. The monoisotopic (exact) mass is 154 g/mol. The van der Waals surface area contributed by atoms with Gasteiger partial charge in [0.05, 0.1) is 0 Å². The molecule has 0 aliphatic rings. The summed E-state index contributed by atoms with van der Waals surface area (Å²) in [5.41, 5.74) is 0.699. The van der Waals surface area contributed by atoms with Crippen molar-refractivity contribution in [2.24, 2.45) is 0 Å². The smallest absolute Gasteiger partial charge is 0.124 e. The number of halogens is 1. The van der Waals surface area contributed by atoms with Gasteiger partial charge in [0.2, 0.25) is 0 Å². The van der Waals surface area contributed by atoms with Gasteiger partial charge < -0.3 is 5.11 Å². The Morgan fingerprint density at radius 3 is 2.70 bits per heavy atom. The van der Waals surface area contributed by atoms with Crippen molar-refractivity contribution < 1.29 is 5.11 Å². The highest BCUT2D eigenvalue weighted by molar-refractivity contribution is 6.30. The van der Waals surface area contributed by atoms with Gasteiger partial charge in [-0.05, 0) is 18.2 Å². The number of hydrogen-bond donors (Lipinski definition) is 1. The molecule has 0 amide bonds. The molecule has 0 unspecified atom stereocenters. The van der Waals surface area contributed by atoms with Crippen LogP contribution in [0.1, 0.15) is 5.56 Å². The molecule has 0 saturated carbocycles. The number of hydrogen-bond acceptors (Lipinski definition) is 1. The normalized spacial score (nSPS) is 9.30. The van der Waals surface area contributed by atoms with Gasteiger partial charge in [-0.2, -0.15) is 0 Å². The van der Waals surface area contributed by atoms with Crippen LogP contribution in [0, 0.1) is 0 Å². The molecule has 0 spiro atoms. The molecular formula is C8H7ClO. The topological polar surface area (TPSA) is 20.2 Å². The van der Waals surface area contributed by atoms with Crippen molar-refractivity contribution in [3.63, 3.8) is 0 Å². The van der Waals surface area contributed by atoms with Crippen LogP contribution in [0.4, 0.5) is 0 Å². The lowest BCUT2D eigenvalue weighted by Crippen LogP contribution is -1.72. The summed E-state index contributed by atoms with van der Waals surface area (Å²) >= 11 is 5.58. The fraction of sp³-hybridized carbons (Fsp3) is 0. The van der Waals surface area contributed by atoms with E-state index in [4.69, 9.17) is 16.7 Å². The summed E-state index contributed by atoms with van der Waals surface area (Å²) in [5.74, 6) is 0.169. The van der Waals surface area contributed by atoms with Crippen molar-refractivity contribution in [1.82, 2.24) is 0 Å². The summed E-state index contributed by atoms with van der Waals surface area (Å²) < 4.78 is 0. The SMILES string of the molecule is C=Cc1ccc(Cl)cc1O. The van der Waals surface area contributed by atoms with Crippen molar-refractivity contribution in [2.75, 3.05) is 0 Å². The van der Waals surface area contributed by atoms with Crippen LogP contribution in [-0.4, -0.2) is 5.11 Å². The zero-order valence-electron chi connectivity index (χ0n) is 5.34. The third-order valence-electron chi connectivity index (χ3n) is 1.21. The van der Waals surface area contributed by atoms with Crippen LogP contribution in [0.2, 0.25) is 5.02 Å². The highest BCUT2D eigenvalue weighted by Gasteiger charge is 1.95. The molecule has 1 aromatic carbocycles. The summed E-state index contributed by atoms with van der Waals surface area (Å²) in [4.78, 5) is 0. The summed E-state index contributed by atoms with van der Waals surface area (Å²) in [5, 5.41) is 9.67. The standard InChI is InChI=1S/C8H7ClO/c1-2-6-3-4-7(9)5-8(6)10/h2-5,10H,1H2. The van der Waals surface area contributed by atoms with Crippen LogP contribution in [-0.2, 0) is 0 Å². The van der Waals surface area contributed by atoms with Crippen LogP contribution < -0.4 is 0 Å². The van der Waals surface area contributed by atoms with E-state index >= 15 is 0 Å². The molecule has 0 atom stereocenters. The van der Waals surface area contributed by atoms with Gasteiger partial charge in [-0.25, -0.2) is 0 Å². The molecule has 0 aliphatic heterocycles. The van der Waals surface area contributed by atoms with Crippen LogP contribution in [0.25, 0.3) is 6.08 Å². The minimum absolute atomic E-state index is 0.169. The molecule has 1 aromatic rings. The van der Waals surface area contributed by atoms with E-state index in [0.717, 1.165) is 0 Å². The molecule has 0 radical (unpaired) electrons. The van der Waals surface area contributed by atoms with Gasteiger partial charge in [0.1, 0.15) is 5.75 Å². The van der Waals surface area contributed by atoms with E-state index in [-0.39, 0.29) is 5.75 Å². The zero-order chi connectivity index (χ0) is 7.56. The summed E-state index contributed by atoms with van der Waals surface area (Å²) in [7, 11) is 0. The van der Waals surface area contributed by atoms with E-state index in [1.54, 1.807) is 18.2 Å². The first-order valence-corrected chi connectivity index (χ1v) is 3.23. The number of aromatic hydroxyl groups is 1. The maximum absolute atomic E-state index is 9.14. The van der Waals surface area contributed by atoms with Crippen LogP contribution in [0.3, 0.4) is 0 Å². The second-order valence-electron chi connectivity index (χ2n) is 1.91. The Balaban J connectivity index is 3.19. The number of phenolic OH excluding ortho intramolecular Hbond substituents is 1. The summed E-state index contributed by atoms with van der Waals surface area (Å²) in [6.45, 7) is 3.52. The summed E-state index contributed by atoms with van der Waals surface area (Å²) in [6.07, 6.45) is 1.58. The predicted octanol–water partition coefficient (Wildman–Crippen LogP) is 2.69. The molecular weight excluding hydrogens is 148 g/mol. The van der Waals surface area contributed by atoms with Gasteiger partial charge >= 0.3 is 0 Å². The van der Waals surface area contributed by atoms with E-state index in [2.05, 4.69) is 6.58 Å². The number of benzene rings is 1. The Bertz CT molecular complexity index is 255. The molecule has 1 rings (SSSR count). The molecule has 0 bridgehead atoms. The first-order chi connectivity index (χ1) is 4.74. The van der Waals surface area contributed by atoms with Crippen molar-refractivity contribution in [3.8, 4) is 5.75 Å². The lowest BCUT2D eigenvalue weighted by atomic mass is 10.2. The summed E-state index contributed by atoms with van der Waals surface area (Å²) in [6, 6.07) is 4.90. The largest absolute Gasteiger partial charge is 0.507 e. The van der Waals surface area contributed by atoms with Crippen LogP contribution in [0.5, 0.6) is 5.75 Å². The van der Waals surface area contributed by atoms with E-state index in [9.17, 15) is 0 Å². The average molecular weight is 155 g/mol. The Morgan fingerprint density at radius 1 is 1.50 bits per heavy atom. The van der Waals surface area contributed by atoms with E-state index in [0.29, 0.717) is 10.6 Å². The first kappa shape index (κ1) is 7.16. The average Bonchev–Trinajstić information content (AvgIpc) is 1.88. The molecule has 52 valence electrons. The highest BCUT2D eigenvalue weighted by atomic mass is 35.5. The van der Waals surface area contributed by atoms with Gasteiger partial charge in [0.15, 0.2) is 0 Å². The second kappa shape index (κ2) is 2.76. The Morgan fingerprint density at radius 2 is 2.20 bits per heavy atom. The number of phenols is 1. The van der Waals surface area contributed by atoms with Crippen LogP contribution in [0.15, 0.2) is 24.8 Å². The molecule has 0 fully saturated rings. The number of rotatable bonds is 1. The zero-order valence-corrected chi connectivity index (χ0v) is 6.10. The fourth-order valence-corrected chi connectivity index (χ4v) is 0.856. The van der Waals surface area contributed by atoms with Crippen molar-refractivity contribution >= 4 is 17.7 Å². The first-order valence-electron chi connectivity index (χ1n) is 2.85. The van der Waals surface area contributed by atoms with E-state index in [1.807, 2.05) is 0 Å². The van der Waals surface area contributed by atoms with Crippen molar-refractivity contribution in [3.05, 3.63) is 35.4 Å². The Hall–Kier alpha value is -0.950. The quantitative estimate of drug-likeness (QED) is 0.660. The molecule has 1 N–H and O–H groups in total. The minimum Gasteiger partial charge on any atom is -0.507 e. The third kappa shape index (κ3) is 1.31. The predicted molar refractivity (Wildman–Crippen MR) is 43.2 cm³/mol. The lowest BCUT2D eigenvalue weighted by molar-refractivity contribution is 0.474. The van der Waals surface area contributed by atoms with Gasteiger partial charge in [-0.3, -0.25) is 0 Å². The van der Waals surface area contributed by atoms with Gasteiger partial charge in [-0.15, -0.1) is 0 Å². The second-order valence-corrected chi connectivity index (χ2v) is 2.34. The van der Waals surface area contributed by atoms with Crippen molar-refractivity contribution in [2.45, 2.75) is 0 Å². The fourth-order valence-electron chi connectivity index (χ4n) is 0.689. The Labute approximate surface area is 64.6 Å². The lowest BCUT2D eigenvalue weighted by Gasteiger charge is -1.96. The van der Waals surface area contributed by atoms with E-state index in [1.165, 1.54) is 6.07 Å². The molecule has 1 nitrogen and oxygen atoms in total. The molecule has 0 aromatic heterocycles. The molecule has 0 saturated heterocycles. The van der Waals surface area contributed by atoms with Crippen LogP contribution >= 0.6 is 11.6 Å². The molecule has 0 aliphatic carbocycles. The maximum Gasteiger partial charge on any atom is 0.124 e. The molecule has 0 heterocycles. The third-order valence-corrected chi connectivity index (χ3v) is 1.45.